The number of nitrogens with zero attached hydrogens (tertiary/aromatic N) is 5. The first kappa shape index (κ1) is 20.8. The molecule has 38 heavy (non-hydrogen) atoms. The van der Waals surface area contributed by atoms with E-state index in [0.717, 1.165) is 34.6 Å². The third-order valence-corrected chi connectivity index (χ3v) is 6.85. The van der Waals surface area contributed by atoms with Gasteiger partial charge in [0.25, 0.3) is 0 Å². The van der Waals surface area contributed by atoms with Crippen LogP contribution in [-0.2, 0) is 6.42 Å². The molecule has 0 aliphatic carbocycles. The fourth-order valence-corrected chi connectivity index (χ4v) is 5.14. The molecule has 1 aliphatic rings. The molecule has 7 heteroatoms. The Morgan fingerprint density at radius 1 is 0.579 bits per heavy atom. The SMILES string of the molecule is c1ccc2c(c1)Cc1ccccc1N2c1cc(-c2nc3ncccc3o2)cc(-c2nc3ncccc3o2)c1. The van der Waals surface area contributed by atoms with Crippen LogP contribution in [0, 0.1) is 0 Å². The first-order valence-electron chi connectivity index (χ1n) is 12.3. The van der Waals surface area contributed by atoms with E-state index in [4.69, 9.17) is 8.83 Å². The van der Waals surface area contributed by atoms with Gasteiger partial charge < -0.3 is 13.7 Å². The Kier molecular flexibility index (Phi) is 4.45. The highest BCUT2D eigenvalue weighted by atomic mass is 16.4. The molecule has 4 aromatic heterocycles. The minimum Gasteiger partial charge on any atom is -0.434 e. The van der Waals surface area contributed by atoms with Crippen LogP contribution >= 0.6 is 0 Å². The topological polar surface area (TPSA) is 81.1 Å². The molecule has 3 aromatic carbocycles. The molecule has 8 rings (SSSR count). The van der Waals surface area contributed by atoms with Gasteiger partial charge in [0.2, 0.25) is 11.8 Å². The van der Waals surface area contributed by atoms with E-state index in [1.54, 1.807) is 12.4 Å². The van der Waals surface area contributed by atoms with E-state index in [1.165, 1.54) is 11.1 Å². The van der Waals surface area contributed by atoms with Gasteiger partial charge in [-0.3, -0.25) is 0 Å². The zero-order chi connectivity index (χ0) is 25.1. The van der Waals surface area contributed by atoms with Crippen molar-refractivity contribution in [1.82, 2.24) is 19.9 Å². The van der Waals surface area contributed by atoms with Crippen LogP contribution in [0.1, 0.15) is 11.1 Å². The predicted octanol–water partition coefficient (Wildman–Crippen LogP) is 7.47. The molecule has 180 valence electrons. The van der Waals surface area contributed by atoms with Crippen LogP contribution in [0.15, 0.2) is 112 Å². The maximum absolute atomic E-state index is 6.13. The van der Waals surface area contributed by atoms with Gasteiger partial charge >= 0.3 is 0 Å². The fourth-order valence-electron chi connectivity index (χ4n) is 5.14. The maximum Gasteiger partial charge on any atom is 0.228 e. The number of aromatic nitrogens is 4. The molecule has 0 radical (unpaired) electrons. The van der Waals surface area contributed by atoms with Gasteiger partial charge in [0, 0.05) is 47.0 Å². The first-order chi connectivity index (χ1) is 18.8. The molecule has 1 aliphatic heterocycles. The third-order valence-electron chi connectivity index (χ3n) is 6.85. The van der Waals surface area contributed by atoms with Crippen LogP contribution in [0.2, 0.25) is 0 Å². The average molecular weight is 494 g/mol. The second kappa shape index (κ2) is 8.11. The quantitative estimate of drug-likeness (QED) is 0.252. The lowest BCUT2D eigenvalue weighted by atomic mass is 9.94. The number of rotatable bonds is 3. The Morgan fingerprint density at radius 2 is 1.11 bits per heavy atom. The zero-order valence-electron chi connectivity index (χ0n) is 20.1. The van der Waals surface area contributed by atoms with Crippen molar-refractivity contribution in [2.24, 2.45) is 0 Å². The van der Waals surface area contributed by atoms with Crippen molar-refractivity contribution in [3.05, 3.63) is 115 Å². The highest BCUT2D eigenvalue weighted by Gasteiger charge is 2.25. The second-order valence-electron chi connectivity index (χ2n) is 9.23. The normalized spacial score (nSPS) is 12.6. The van der Waals surface area contributed by atoms with Gasteiger partial charge in [-0.2, -0.15) is 9.97 Å². The van der Waals surface area contributed by atoms with E-state index in [-0.39, 0.29) is 0 Å². The molecule has 7 aromatic rings. The number of fused-ring (bicyclic) bond motifs is 4. The molecule has 0 saturated heterocycles. The van der Waals surface area contributed by atoms with Crippen LogP contribution < -0.4 is 4.90 Å². The number of anilines is 3. The van der Waals surface area contributed by atoms with Gasteiger partial charge in [0.15, 0.2) is 22.5 Å². The molecule has 0 spiro atoms. The zero-order valence-corrected chi connectivity index (χ0v) is 20.1. The van der Waals surface area contributed by atoms with Crippen molar-refractivity contribution >= 4 is 39.5 Å². The lowest BCUT2D eigenvalue weighted by molar-refractivity contribution is 0.617. The molecular weight excluding hydrogens is 474 g/mol. The number of para-hydroxylation sites is 2. The van der Waals surface area contributed by atoms with E-state index in [2.05, 4.69) is 85.5 Å². The monoisotopic (exact) mass is 493 g/mol. The second-order valence-corrected chi connectivity index (χ2v) is 9.23. The summed E-state index contributed by atoms with van der Waals surface area (Å²) in [7, 11) is 0. The molecule has 0 saturated carbocycles. The minimum atomic E-state index is 0.481. The summed E-state index contributed by atoms with van der Waals surface area (Å²) in [6.07, 6.45) is 4.30. The molecular formula is C31H19N5O2. The fraction of sp³-hybridized carbons (Fsp3) is 0.0323. The van der Waals surface area contributed by atoms with E-state index in [0.29, 0.717) is 34.2 Å². The van der Waals surface area contributed by atoms with E-state index < -0.39 is 0 Å². The minimum absolute atomic E-state index is 0.481. The number of benzene rings is 3. The number of oxazole rings is 2. The maximum atomic E-state index is 6.13. The first-order valence-corrected chi connectivity index (χ1v) is 12.3. The van der Waals surface area contributed by atoms with Crippen molar-refractivity contribution < 1.29 is 8.83 Å². The van der Waals surface area contributed by atoms with Crippen molar-refractivity contribution in [1.29, 1.82) is 0 Å². The third kappa shape index (κ3) is 3.29. The summed E-state index contributed by atoms with van der Waals surface area (Å²) in [6.45, 7) is 0. The Labute approximate surface area is 217 Å². The van der Waals surface area contributed by atoms with Crippen LogP contribution in [0.25, 0.3) is 45.4 Å². The van der Waals surface area contributed by atoms with E-state index in [9.17, 15) is 0 Å². The molecule has 0 bridgehead atoms. The average Bonchev–Trinajstić information content (AvgIpc) is 3.60. The summed E-state index contributed by atoms with van der Waals surface area (Å²) in [5, 5.41) is 0. The molecule has 0 fully saturated rings. The van der Waals surface area contributed by atoms with Crippen LogP contribution in [0.5, 0.6) is 0 Å². The Bertz CT molecular complexity index is 1790. The number of hydrogen-bond acceptors (Lipinski definition) is 7. The Balaban J connectivity index is 1.39. The number of pyridine rings is 2. The van der Waals surface area contributed by atoms with Crippen LogP contribution in [0.4, 0.5) is 17.1 Å². The van der Waals surface area contributed by atoms with E-state index in [1.807, 2.05) is 30.3 Å². The molecule has 0 N–H and O–H groups in total. The summed E-state index contributed by atoms with van der Waals surface area (Å²) in [6, 6.07) is 30.6. The molecule has 7 nitrogen and oxygen atoms in total. The predicted molar refractivity (Wildman–Crippen MR) is 146 cm³/mol. The van der Waals surface area contributed by atoms with Gasteiger partial charge in [-0.1, -0.05) is 36.4 Å². The molecule has 0 unspecified atom stereocenters. The van der Waals surface area contributed by atoms with Gasteiger partial charge in [0.05, 0.1) is 0 Å². The van der Waals surface area contributed by atoms with Crippen molar-refractivity contribution in [3.8, 4) is 22.9 Å². The Morgan fingerprint density at radius 3 is 1.63 bits per heavy atom. The number of hydrogen-bond donors (Lipinski definition) is 0. The molecule has 0 atom stereocenters. The summed E-state index contributed by atoms with van der Waals surface area (Å²) in [5.41, 5.74) is 9.72. The summed E-state index contributed by atoms with van der Waals surface area (Å²) in [4.78, 5) is 20.3. The van der Waals surface area contributed by atoms with Crippen molar-refractivity contribution in [2.75, 3.05) is 4.90 Å². The standard InChI is InChI=1S/C31H19N5O2/c1-3-9-24-19(7-1)15-20-8-2-4-10-25(20)36(24)23-17-21(30-34-28-26(37-30)11-5-13-32-28)16-22(18-23)31-35-29-27(38-31)12-6-14-33-29/h1-14,16-18H,15H2. The van der Waals surface area contributed by atoms with Crippen molar-refractivity contribution in [2.45, 2.75) is 6.42 Å². The van der Waals surface area contributed by atoms with Crippen LogP contribution in [-0.4, -0.2) is 19.9 Å². The van der Waals surface area contributed by atoms with Gasteiger partial charge in [0.1, 0.15) is 0 Å². The summed E-state index contributed by atoms with van der Waals surface area (Å²) in [5.74, 6) is 0.962. The molecule has 0 amide bonds. The lowest BCUT2D eigenvalue weighted by Gasteiger charge is -2.33. The highest BCUT2D eigenvalue weighted by Crippen LogP contribution is 2.45. The van der Waals surface area contributed by atoms with Gasteiger partial charge in [-0.15, -0.1) is 0 Å². The largest absolute Gasteiger partial charge is 0.434 e. The van der Waals surface area contributed by atoms with Crippen molar-refractivity contribution in [3.63, 3.8) is 0 Å². The lowest BCUT2D eigenvalue weighted by Crippen LogP contribution is -2.18. The van der Waals surface area contributed by atoms with Gasteiger partial charge in [-0.05, 0) is 65.7 Å². The van der Waals surface area contributed by atoms with Gasteiger partial charge in [-0.25, -0.2) is 9.97 Å². The van der Waals surface area contributed by atoms with Crippen LogP contribution in [0.3, 0.4) is 0 Å². The molecule has 5 heterocycles. The van der Waals surface area contributed by atoms with E-state index >= 15 is 0 Å². The smallest absolute Gasteiger partial charge is 0.228 e. The Hall–Kier alpha value is -5.30. The summed E-state index contributed by atoms with van der Waals surface area (Å²) >= 11 is 0. The summed E-state index contributed by atoms with van der Waals surface area (Å²) < 4.78 is 12.3. The highest BCUT2D eigenvalue weighted by molar-refractivity contribution is 5.87.